The Morgan fingerprint density at radius 3 is 2.75 bits per heavy atom. The molecule has 0 atom stereocenters. The Bertz CT molecular complexity index is 745. The molecular weight excluding hydrogens is 276 g/mol. The lowest BCUT2D eigenvalue weighted by atomic mass is 9.99. The molecule has 5 heteroatoms. The highest BCUT2D eigenvalue weighted by Gasteiger charge is 2.12. The fourth-order valence-electron chi connectivity index (χ4n) is 2.08. The zero-order chi connectivity index (χ0) is 14.7. The monoisotopic (exact) mass is 288 g/mol. The molecule has 0 aliphatic heterocycles. The molecule has 2 rings (SSSR count). The summed E-state index contributed by atoms with van der Waals surface area (Å²) < 4.78 is 5.21. The van der Waals surface area contributed by atoms with Gasteiger partial charge in [0.05, 0.1) is 13.0 Å². The molecule has 0 radical (unpaired) electrons. The molecule has 0 amide bonds. The van der Waals surface area contributed by atoms with Crippen molar-refractivity contribution in [3.63, 3.8) is 0 Å². The van der Waals surface area contributed by atoms with Gasteiger partial charge in [0.1, 0.15) is 17.4 Å². The number of pyridine rings is 1. The number of ether oxygens (including phenoxy) is 1. The largest absolute Gasteiger partial charge is 0.496 e. The summed E-state index contributed by atoms with van der Waals surface area (Å²) in [7, 11) is 1.57. The summed E-state index contributed by atoms with van der Waals surface area (Å²) in [6.45, 7) is 1.78. The molecule has 0 aliphatic rings. The fourth-order valence-corrected chi connectivity index (χ4v) is 2.29. The van der Waals surface area contributed by atoms with Gasteiger partial charge >= 0.3 is 0 Å². The first kappa shape index (κ1) is 14.2. The number of halogens is 1. The Morgan fingerprint density at radius 1 is 1.40 bits per heavy atom. The minimum absolute atomic E-state index is 0.0984. The maximum atomic E-state index is 11.8. The number of benzene rings is 1. The van der Waals surface area contributed by atoms with Gasteiger partial charge in [0.15, 0.2) is 0 Å². The summed E-state index contributed by atoms with van der Waals surface area (Å²) >= 11 is 5.89. The average molecular weight is 289 g/mol. The first-order valence-electron chi connectivity index (χ1n) is 5.98. The number of rotatable bonds is 3. The smallest absolute Gasteiger partial charge is 0.266 e. The minimum Gasteiger partial charge on any atom is -0.496 e. The van der Waals surface area contributed by atoms with E-state index in [2.05, 4.69) is 4.98 Å². The SMILES string of the molecule is COc1ccc(-c2cc(C)[nH]c(=O)c2C#N)cc1CCl. The standard InChI is InChI=1S/C15H13ClN2O2/c1-9-5-12(13(8-17)15(19)18-9)10-3-4-14(20-2)11(6-10)7-16/h3-6H,7H2,1-2H3,(H,18,19). The van der Waals surface area contributed by atoms with Crippen LogP contribution in [-0.2, 0) is 5.88 Å². The number of nitrogens with zero attached hydrogens (tertiary/aromatic N) is 1. The van der Waals surface area contributed by atoms with E-state index < -0.39 is 0 Å². The van der Waals surface area contributed by atoms with Crippen molar-refractivity contribution in [1.29, 1.82) is 5.26 Å². The third kappa shape index (κ3) is 2.54. The number of alkyl halides is 1. The van der Waals surface area contributed by atoms with Crippen LogP contribution in [0.4, 0.5) is 0 Å². The molecule has 2 aromatic rings. The quantitative estimate of drug-likeness (QED) is 0.883. The second kappa shape index (κ2) is 5.81. The van der Waals surface area contributed by atoms with E-state index in [-0.39, 0.29) is 11.1 Å². The van der Waals surface area contributed by atoms with Crippen molar-refractivity contribution in [1.82, 2.24) is 4.98 Å². The van der Waals surface area contributed by atoms with Gasteiger partial charge in [-0.2, -0.15) is 5.26 Å². The molecule has 1 heterocycles. The number of H-pyrrole nitrogens is 1. The van der Waals surface area contributed by atoms with Crippen molar-refractivity contribution in [2.45, 2.75) is 12.8 Å². The number of methoxy groups -OCH3 is 1. The van der Waals surface area contributed by atoms with Crippen molar-refractivity contribution >= 4 is 11.6 Å². The van der Waals surface area contributed by atoms with Gasteiger partial charge in [0.25, 0.3) is 5.56 Å². The summed E-state index contributed by atoms with van der Waals surface area (Å²) in [4.78, 5) is 14.4. The first-order chi connectivity index (χ1) is 9.60. The van der Waals surface area contributed by atoms with Gasteiger partial charge in [-0.1, -0.05) is 6.07 Å². The molecule has 4 nitrogen and oxygen atoms in total. The second-order valence-electron chi connectivity index (χ2n) is 4.34. The lowest BCUT2D eigenvalue weighted by molar-refractivity contribution is 0.411. The third-order valence-corrected chi connectivity index (χ3v) is 3.30. The molecule has 0 fully saturated rings. The van der Waals surface area contributed by atoms with Crippen LogP contribution in [0.2, 0.25) is 0 Å². The summed E-state index contributed by atoms with van der Waals surface area (Å²) in [5.74, 6) is 0.977. The van der Waals surface area contributed by atoms with E-state index in [1.54, 1.807) is 26.2 Å². The summed E-state index contributed by atoms with van der Waals surface area (Å²) in [5.41, 5.74) is 2.60. The van der Waals surface area contributed by atoms with Gasteiger partial charge in [0, 0.05) is 16.8 Å². The Balaban J connectivity index is 2.69. The number of aromatic nitrogens is 1. The molecule has 0 saturated heterocycles. The Kier molecular flexibility index (Phi) is 4.11. The highest BCUT2D eigenvalue weighted by molar-refractivity contribution is 6.17. The summed E-state index contributed by atoms with van der Waals surface area (Å²) in [6, 6.07) is 9.15. The zero-order valence-corrected chi connectivity index (χ0v) is 11.9. The van der Waals surface area contributed by atoms with Crippen LogP contribution >= 0.6 is 11.6 Å². The van der Waals surface area contributed by atoms with Gasteiger partial charge in [0.2, 0.25) is 0 Å². The molecule has 1 aromatic heterocycles. The van der Waals surface area contributed by atoms with Crippen LogP contribution in [-0.4, -0.2) is 12.1 Å². The van der Waals surface area contributed by atoms with E-state index in [0.717, 1.165) is 11.1 Å². The van der Waals surface area contributed by atoms with Crippen LogP contribution in [0.3, 0.4) is 0 Å². The van der Waals surface area contributed by atoms with Crippen molar-refractivity contribution in [3.05, 3.63) is 51.4 Å². The number of nitriles is 1. The van der Waals surface area contributed by atoms with Crippen LogP contribution in [0.5, 0.6) is 5.75 Å². The molecular formula is C15H13ClN2O2. The Labute approximate surface area is 121 Å². The fraction of sp³-hybridized carbons (Fsp3) is 0.200. The van der Waals surface area contributed by atoms with E-state index in [9.17, 15) is 4.79 Å². The van der Waals surface area contributed by atoms with E-state index >= 15 is 0 Å². The van der Waals surface area contributed by atoms with Crippen molar-refractivity contribution in [2.24, 2.45) is 0 Å². The van der Waals surface area contributed by atoms with Crippen LogP contribution in [0.25, 0.3) is 11.1 Å². The number of aromatic amines is 1. The van der Waals surface area contributed by atoms with Gasteiger partial charge in [-0.15, -0.1) is 11.6 Å². The van der Waals surface area contributed by atoms with Crippen molar-refractivity contribution < 1.29 is 4.74 Å². The van der Waals surface area contributed by atoms with E-state index in [4.69, 9.17) is 21.6 Å². The molecule has 0 spiro atoms. The number of hydrogen-bond donors (Lipinski definition) is 1. The molecule has 0 saturated carbocycles. The van der Waals surface area contributed by atoms with Gasteiger partial charge in [-0.05, 0) is 30.7 Å². The average Bonchev–Trinajstić information content (AvgIpc) is 2.45. The van der Waals surface area contributed by atoms with Crippen molar-refractivity contribution in [2.75, 3.05) is 7.11 Å². The molecule has 1 aromatic carbocycles. The van der Waals surface area contributed by atoms with Gasteiger partial charge in [-0.25, -0.2) is 0 Å². The molecule has 1 N–H and O–H groups in total. The van der Waals surface area contributed by atoms with E-state index in [1.165, 1.54) is 0 Å². The minimum atomic E-state index is -0.384. The third-order valence-electron chi connectivity index (χ3n) is 3.02. The van der Waals surface area contributed by atoms with Crippen LogP contribution in [0, 0.1) is 18.3 Å². The van der Waals surface area contributed by atoms with E-state index in [1.807, 2.05) is 18.2 Å². The number of hydrogen-bond acceptors (Lipinski definition) is 3. The van der Waals surface area contributed by atoms with E-state index in [0.29, 0.717) is 22.9 Å². The predicted molar refractivity (Wildman–Crippen MR) is 78.1 cm³/mol. The molecule has 102 valence electrons. The maximum absolute atomic E-state index is 11.8. The highest BCUT2D eigenvalue weighted by atomic mass is 35.5. The highest BCUT2D eigenvalue weighted by Crippen LogP contribution is 2.28. The van der Waals surface area contributed by atoms with Gasteiger partial charge in [-0.3, -0.25) is 4.79 Å². The molecule has 20 heavy (non-hydrogen) atoms. The zero-order valence-electron chi connectivity index (χ0n) is 11.2. The summed E-state index contributed by atoms with van der Waals surface area (Å²) in [6.07, 6.45) is 0. The topological polar surface area (TPSA) is 65.9 Å². The Hall–Kier alpha value is -2.25. The Morgan fingerprint density at radius 2 is 2.15 bits per heavy atom. The first-order valence-corrected chi connectivity index (χ1v) is 6.51. The lowest BCUT2D eigenvalue weighted by Crippen LogP contribution is -2.12. The van der Waals surface area contributed by atoms with Crippen molar-refractivity contribution in [3.8, 4) is 22.9 Å². The van der Waals surface area contributed by atoms with Gasteiger partial charge < -0.3 is 9.72 Å². The van der Waals surface area contributed by atoms with Crippen LogP contribution in [0.1, 0.15) is 16.8 Å². The lowest BCUT2D eigenvalue weighted by Gasteiger charge is -2.10. The molecule has 0 unspecified atom stereocenters. The molecule has 0 bridgehead atoms. The molecule has 0 aliphatic carbocycles. The number of aryl methyl sites for hydroxylation is 1. The van der Waals surface area contributed by atoms with Crippen LogP contribution in [0.15, 0.2) is 29.1 Å². The maximum Gasteiger partial charge on any atom is 0.266 e. The number of nitrogens with one attached hydrogen (secondary N) is 1. The normalized spacial score (nSPS) is 10.1. The van der Waals surface area contributed by atoms with Crippen LogP contribution < -0.4 is 10.3 Å². The second-order valence-corrected chi connectivity index (χ2v) is 4.61. The predicted octanol–water partition coefficient (Wildman–Crippen LogP) is 2.97. The summed E-state index contributed by atoms with van der Waals surface area (Å²) in [5, 5.41) is 9.16.